The lowest BCUT2D eigenvalue weighted by Gasteiger charge is -2.22. The van der Waals surface area contributed by atoms with Crippen LogP contribution in [0.25, 0.3) is 5.65 Å². The van der Waals surface area contributed by atoms with Crippen LogP contribution >= 0.6 is 0 Å². The summed E-state index contributed by atoms with van der Waals surface area (Å²) in [7, 11) is 0. The topological polar surface area (TPSA) is 46.8 Å². The monoisotopic (exact) mass is 413 g/mol. The van der Waals surface area contributed by atoms with E-state index in [1.807, 2.05) is 44.2 Å². The third-order valence-corrected chi connectivity index (χ3v) is 5.21. The summed E-state index contributed by atoms with van der Waals surface area (Å²) >= 11 is 0. The van der Waals surface area contributed by atoms with Crippen LogP contribution in [0.2, 0.25) is 0 Å². The lowest BCUT2D eigenvalue weighted by atomic mass is 10.1. The Labute approximate surface area is 182 Å². The number of hydrogen-bond donors (Lipinski definition) is 0. The van der Waals surface area contributed by atoms with Crippen molar-refractivity contribution in [3.05, 3.63) is 112 Å². The van der Waals surface area contributed by atoms with Crippen LogP contribution in [0.5, 0.6) is 5.75 Å². The average molecular weight is 414 g/mol. The molecule has 0 aliphatic carbocycles. The van der Waals surface area contributed by atoms with E-state index in [0.29, 0.717) is 18.8 Å². The lowest BCUT2D eigenvalue weighted by Crippen LogP contribution is -2.25. The van der Waals surface area contributed by atoms with Gasteiger partial charge in [-0.15, -0.1) is 0 Å². The Morgan fingerprint density at radius 3 is 2.32 bits per heavy atom. The van der Waals surface area contributed by atoms with E-state index in [1.165, 1.54) is 11.1 Å². The maximum Gasteiger partial charge on any atom is 0.258 e. The van der Waals surface area contributed by atoms with Gasteiger partial charge in [0.25, 0.3) is 5.56 Å². The zero-order valence-electron chi connectivity index (χ0n) is 18.0. The normalized spacial score (nSPS) is 11.2. The molecule has 158 valence electrons. The third-order valence-electron chi connectivity index (χ3n) is 5.21. The summed E-state index contributed by atoms with van der Waals surface area (Å²) in [5, 5.41) is 0. The number of aromatic nitrogens is 2. The van der Waals surface area contributed by atoms with Crippen LogP contribution in [0.3, 0.4) is 0 Å². The molecule has 0 amide bonds. The first-order chi connectivity index (χ1) is 15.1. The Balaban J connectivity index is 1.62. The Hall–Kier alpha value is -3.44. The molecule has 0 radical (unpaired) electrons. The Morgan fingerprint density at radius 2 is 1.61 bits per heavy atom. The van der Waals surface area contributed by atoms with Crippen molar-refractivity contribution in [3.63, 3.8) is 0 Å². The molecule has 0 aliphatic heterocycles. The summed E-state index contributed by atoms with van der Waals surface area (Å²) in [6.07, 6.45) is 1.77. The van der Waals surface area contributed by atoms with E-state index in [2.05, 4.69) is 41.3 Å². The highest BCUT2D eigenvalue weighted by Crippen LogP contribution is 2.17. The molecular formula is C26H27N3O2. The maximum atomic E-state index is 12.6. The highest BCUT2D eigenvalue weighted by molar-refractivity contribution is 5.46. The predicted octanol–water partition coefficient (Wildman–Crippen LogP) is 4.60. The maximum absolute atomic E-state index is 12.6. The van der Waals surface area contributed by atoms with Gasteiger partial charge in [0.2, 0.25) is 0 Å². The molecule has 2 aromatic heterocycles. The zero-order valence-corrected chi connectivity index (χ0v) is 18.0. The zero-order chi connectivity index (χ0) is 21.6. The van der Waals surface area contributed by atoms with Gasteiger partial charge in [-0.05, 0) is 48.7 Å². The van der Waals surface area contributed by atoms with Crippen molar-refractivity contribution in [2.24, 2.45) is 0 Å². The number of benzene rings is 2. The van der Waals surface area contributed by atoms with Gasteiger partial charge >= 0.3 is 0 Å². The largest absolute Gasteiger partial charge is 0.494 e. The summed E-state index contributed by atoms with van der Waals surface area (Å²) in [4.78, 5) is 19.7. The predicted molar refractivity (Wildman–Crippen MR) is 123 cm³/mol. The minimum atomic E-state index is -0.0515. The van der Waals surface area contributed by atoms with E-state index in [4.69, 9.17) is 9.72 Å². The number of nitrogens with zero attached hydrogens (tertiary/aromatic N) is 3. The van der Waals surface area contributed by atoms with Gasteiger partial charge in [0.15, 0.2) is 0 Å². The summed E-state index contributed by atoms with van der Waals surface area (Å²) in [6, 6.07) is 24.1. The fourth-order valence-corrected chi connectivity index (χ4v) is 3.74. The summed E-state index contributed by atoms with van der Waals surface area (Å²) < 4.78 is 7.17. The molecule has 0 aliphatic rings. The molecule has 0 atom stereocenters. The molecule has 0 bridgehead atoms. The van der Waals surface area contributed by atoms with Crippen LogP contribution in [0, 0.1) is 6.92 Å². The number of ether oxygens (including phenoxy) is 1. The van der Waals surface area contributed by atoms with E-state index >= 15 is 0 Å². The highest BCUT2D eigenvalue weighted by atomic mass is 16.5. The van der Waals surface area contributed by atoms with Crippen molar-refractivity contribution in [1.82, 2.24) is 14.3 Å². The van der Waals surface area contributed by atoms with Crippen LogP contribution in [0.1, 0.15) is 29.3 Å². The summed E-state index contributed by atoms with van der Waals surface area (Å²) in [6.45, 7) is 6.72. The average Bonchev–Trinajstić information content (AvgIpc) is 2.77. The van der Waals surface area contributed by atoms with Gasteiger partial charge in [-0.25, -0.2) is 4.98 Å². The minimum absolute atomic E-state index is 0.0515. The molecule has 2 aromatic carbocycles. The molecule has 5 heteroatoms. The van der Waals surface area contributed by atoms with Gasteiger partial charge in [0.05, 0.1) is 12.3 Å². The van der Waals surface area contributed by atoms with Crippen molar-refractivity contribution in [2.75, 3.05) is 6.61 Å². The van der Waals surface area contributed by atoms with Gasteiger partial charge in [-0.1, -0.05) is 48.5 Å². The highest BCUT2D eigenvalue weighted by Gasteiger charge is 2.12. The number of pyridine rings is 1. The van der Waals surface area contributed by atoms with E-state index < -0.39 is 0 Å². The van der Waals surface area contributed by atoms with Crippen molar-refractivity contribution >= 4 is 5.65 Å². The van der Waals surface area contributed by atoms with E-state index in [1.54, 1.807) is 16.7 Å². The molecule has 0 fully saturated rings. The second-order valence-electron chi connectivity index (χ2n) is 7.68. The molecular weight excluding hydrogens is 386 g/mol. The van der Waals surface area contributed by atoms with Crippen LogP contribution in [-0.2, 0) is 19.6 Å². The molecule has 0 N–H and O–H groups in total. The molecule has 0 saturated heterocycles. The molecule has 2 heterocycles. The van der Waals surface area contributed by atoms with E-state index in [0.717, 1.165) is 30.1 Å². The van der Waals surface area contributed by atoms with Crippen molar-refractivity contribution < 1.29 is 4.74 Å². The summed E-state index contributed by atoms with van der Waals surface area (Å²) in [5.41, 5.74) is 4.84. The molecule has 4 aromatic rings. The van der Waals surface area contributed by atoms with Crippen LogP contribution in [-0.4, -0.2) is 20.9 Å². The van der Waals surface area contributed by atoms with Gasteiger partial charge in [-0.3, -0.25) is 14.1 Å². The Bertz CT molecular complexity index is 1200. The second-order valence-corrected chi connectivity index (χ2v) is 7.68. The smallest absolute Gasteiger partial charge is 0.258 e. The Kier molecular flexibility index (Phi) is 6.43. The number of aryl methyl sites for hydroxylation is 1. The molecule has 0 spiro atoms. The van der Waals surface area contributed by atoms with Gasteiger partial charge < -0.3 is 4.74 Å². The first-order valence-electron chi connectivity index (χ1n) is 10.6. The molecule has 0 unspecified atom stereocenters. The quantitative estimate of drug-likeness (QED) is 0.423. The molecule has 31 heavy (non-hydrogen) atoms. The van der Waals surface area contributed by atoms with Crippen molar-refractivity contribution in [2.45, 2.75) is 33.5 Å². The SMILES string of the molecule is CCOc1ccc(CN(Cc2ccccc2)Cc2cc(=O)n3cccc(C)c3n2)cc1. The van der Waals surface area contributed by atoms with Crippen molar-refractivity contribution in [1.29, 1.82) is 0 Å². The number of rotatable bonds is 8. The minimum Gasteiger partial charge on any atom is -0.494 e. The van der Waals surface area contributed by atoms with Crippen LogP contribution in [0.15, 0.2) is 83.8 Å². The molecule has 0 saturated carbocycles. The third kappa shape index (κ3) is 5.19. The molecule has 4 rings (SSSR count). The van der Waals surface area contributed by atoms with E-state index in [9.17, 15) is 4.79 Å². The van der Waals surface area contributed by atoms with Gasteiger partial charge in [0.1, 0.15) is 11.4 Å². The molecule has 5 nitrogen and oxygen atoms in total. The summed E-state index contributed by atoms with van der Waals surface area (Å²) in [5.74, 6) is 0.876. The fraction of sp³-hybridized carbons (Fsp3) is 0.231. The standard InChI is InChI=1S/C26H27N3O2/c1-3-31-24-13-11-22(12-14-24)18-28(17-21-9-5-4-6-10-21)19-23-16-25(30)29-15-7-8-20(2)26(29)27-23/h4-16H,3,17-19H2,1-2H3. The van der Waals surface area contributed by atoms with Crippen LogP contribution < -0.4 is 10.3 Å². The van der Waals surface area contributed by atoms with Gasteiger partial charge in [-0.2, -0.15) is 0 Å². The number of fused-ring (bicyclic) bond motifs is 1. The first-order valence-corrected chi connectivity index (χ1v) is 10.6. The van der Waals surface area contributed by atoms with Crippen molar-refractivity contribution in [3.8, 4) is 5.75 Å². The van der Waals surface area contributed by atoms with Gasteiger partial charge in [0, 0.05) is 31.9 Å². The lowest BCUT2D eigenvalue weighted by molar-refractivity contribution is 0.244. The number of hydrogen-bond acceptors (Lipinski definition) is 4. The van der Waals surface area contributed by atoms with Crippen LogP contribution in [0.4, 0.5) is 0 Å². The second kappa shape index (κ2) is 9.58. The Morgan fingerprint density at radius 1 is 0.903 bits per heavy atom. The fourth-order valence-electron chi connectivity index (χ4n) is 3.74. The van der Waals surface area contributed by atoms with E-state index in [-0.39, 0.29) is 5.56 Å². The first kappa shape index (κ1) is 20.8.